The van der Waals surface area contributed by atoms with Crippen LogP contribution in [-0.2, 0) is 0 Å². The minimum Gasteiger partial charge on any atom is -0.277 e. The third kappa shape index (κ3) is 1.74. The van der Waals surface area contributed by atoms with Gasteiger partial charge in [0.05, 0.1) is 6.20 Å². The van der Waals surface area contributed by atoms with Crippen LogP contribution in [0, 0.1) is 7.40 Å². The summed E-state index contributed by atoms with van der Waals surface area (Å²) in [5.41, 5.74) is 0.892. The lowest BCUT2D eigenvalue weighted by Crippen LogP contribution is -1.95. The van der Waals surface area contributed by atoms with Gasteiger partial charge in [-0.15, -0.1) is 0 Å². The van der Waals surface area contributed by atoms with Gasteiger partial charge >= 0.3 is 0 Å². The number of aromatic nitrogens is 3. The fourth-order valence-electron chi connectivity index (χ4n) is 1.12. The molecule has 0 aliphatic carbocycles. The number of fused-ring (bicyclic) bond motifs is 1. The molecule has 0 fully saturated rings. The van der Waals surface area contributed by atoms with Crippen molar-refractivity contribution in [3.8, 4) is 0 Å². The van der Waals surface area contributed by atoms with E-state index in [1.54, 1.807) is 18.0 Å². The summed E-state index contributed by atoms with van der Waals surface area (Å²) in [6.07, 6.45) is 3.74. The van der Waals surface area contributed by atoms with Gasteiger partial charge in [0.15, 0.2) is 10.3 Å². The van der Waals surface area contributed by atoms with Gasteiger partial charge in [-0.05, 0) is 51.4 Å². The maximum absolute atomic E-state index is 6.02. The lowest BCUT2D eigenvalue weighted by atomic mass is 10.6. The summed E-state index contributed by atoms with van der Waals surface area (Å²) in [6.45, 7) is 0. The molecule has 0 aromatic carbocycles. The predicted octanol–water partition coefficient (Wildman–Crippen LogP) is 3.31. The highest BCUT2D eigenvalue weighted by Crippen LogP contribution is 2.27. The molecule has 2 aromatic rings. The molecule has 2 heterocycles. The van der Waals surface area contributed by atoms with Crippen LogP contribution in [0.25, 0.3) is 5.52 Å². The quantitative estimate of drug-likeness (QED) is 0.492. The zero-order valence-corrected chi connectivity index (χ0v) is 12.8. The normalized spacial score (nSPS) is 11.1. The van der Waals surface area contributed by atoms with E-state index in [9.17, 15) is 0 Å². The molecule has 0 saturated carbocycles. The molecule has 0 aliphatic heterocycles. The zero-order valence-electron chi connectivity index (χ0n) is 6.96. The van der Waals surface area contributed by atoms with E-state index in [-0.39, 0.29) is 0 Å². The van der Waals surface area contributed by atoms with Gasteiger partial charge in [0.2, 0.25) is 0 Å². The number of hydrogen-bond donors (Lipinski definition) is 0. The smallest absolute Gasteiger partial charge is 0.174 e. The lowest BCUT2D eigenvalue weighted by molar-refractivity contribution is 0.922. The van der Waals surface area contributed by atoms with Gasteiger partial charge < -0.3 is 0 Å². The van der Waals surface area contributed by atoms with E-state index < -0.39 is 0 Å². The molecule has 2 rings (SSSR count). The van der Waals surface area contributed by atoms with Crippen molar-refractivity contribution in [1.82, 2.24) is 14.4 Å². The number of nitrogens with zero attached hydrogens (tertiary/aromatic N) is 3. The van der Waals surface area contributed by atoms with E-state index in [4.69, 9.17) is 11.6 Å². The zero-order chi connectivity index (χ0) is 10.3. The van der Waals surface area contributed by atoms with Crippen molar-refractivity contribution in [2.24, 2.45) is 0 Å². The Bertz CT molecular complexity index is 499. The van der Waals surface area contributed by atoms with Crippen molar-refractivity contribution in [1.29, 1.82) is 0 Å². The van der Waals surface area contributed by atoms with E-state index >= 15 is 0 Å². The summed E-state index contributed by atoms with van der Waals surface area (Å²) in [4.78, 5) is 8.51. The van der Waals surface area contributed by atoms with E-state index in [1.807, 2.05) is 10.7 Å². The number of halogens is 3. The molecule has 0 amide bonds. The second-order valence-electron chi connectivity index (χ2n) is 2.45. The second-order valence-corrected chi connectivity index (χ2v) is 5.70. The molecular formula is C7H4ClI2N3S. The molecule has 0 unspecified atom stereocenters. The summed E-state index contributed by atoms with van der Waals surface area (Å²) in [7, 11) is 0. The van der Waals surface area contributed by atoms with Crippen molar-refractivity contribution in [3.63, 3.8) is 0 Å². The average Bonchev–Trinajstić information content (AvgIpc) is 2.50. The van der Waals surface area contributed by atoms with Crippen molar-refractivity contribution in [3.05, 3.63) is 18.8 Å². The number of hydrogen-bond acceptors (Lipinski definition) is 3. The maximum atomic E-state index is 6.02. The van der Waals surface area contributed by atoms with Crippen LogP contribution in [0.5, 0.6) is 0 Å². The first-order valence-corrected chi connectivity index (χ1v) is 7.33. The third-order valence-electron chi connectivity index (χ3n) is 1.68. The van der Waals surface area contributed by atoms with Crippen LogP contribution in [-0.4, -0.2) is 20.6 Å². The van der Waals surface area contributed by atoms with Crippen LogP contribution in [0.2, 0.25) is 5.15 Å². The summed E-state index contributed by atoms with van der Waals surface area (Å²) >= 11 is 12.0. The molecule has 0 aliphatic rings. The van der Waals surface area contributed by atoms with Crippen molar-refractivity contribution < 1.29 is 0 Å². The highest BCUT2D eigenvalue weighted by atomic mass is 127. The molecule has 2 aromatic heterocycles. The molecule has 74 valence electrons. The van der Waals surface area contributed by atoms with Crippen molar-refractivity contribution in [2.45, 2.75) is 5.16 Å². The molecule has 14 heavy (non-hydrogen) atoms. The number of imidazole rings is 1. The van der Waals surface area contributed by atoms with Crippen molar-refractivity contribution >= 4 is 74.1 Å². The highest BCUT2D eigenvalue weighted by molar-refractivity contribution is 14.1. The molecule has 7 heteroatoms. The predicted molar refractivity (Wildman–Crippen MR) is 75.2 cm³/mol. The minimum atomic E-state index is 0.502. The van der Waals surface area contributed by atoms with Crippen LogP contribution < -0.4 is 0 Å². The largest absolute Gasteiger partial charge is 0.277 e. The van der Waals surface area contributed by atoms with Gasteiger partial charge in [0.1, 0.15) is 12.9 Å². The Morgan fingerprint density at radius 2 is 2.21 bits per heavy atom. The third-order valence-corrected chi connectivity index (χ3v) is 4.11. The Morgan fingerprint density at radius 3 is 2.86 bits per heavy atom. The molecule has 0 N–H and O–H groups in total. The van der Waals surface area contributed by atoms with Gasteiger partial charge in [-0.2, -0.15) is 0 Å². The molecular weight excluding hydrogens is 447 g/mol. The van der Waals surface area contributed by atoms with Gasteiger partial charge in [-0.1, -0.05) is 23.4 Å². The second kappa shape index (κ2) is 4.30. The topological polar surface area (TPSA) is 30.2 Å². The SMILES string of the molecule is CSc1nc(I)c2c(Cl)ncc(I)n12. The van der Waals surface area contributed by atoms with Crippen LogP contribution in [0.4, 0.5) is 0 Å². The van der Waals surface area contributed by atoms with Crippen LogP contribution in [0.3, 0.4) is 0 Å². The van der Waals surface area contributed by atoms with Crippen LogP contribution in [0.1, 0.15) is 0 Å². The molecule has 0 atom stereocenters. The Kier molecular flexibility index (Phi) is 3.44. The van der Waals surface area contributed by atoms with E-state index in [1.165, 1.54) is 0 Å². The minimum absolute atomic E-state index is 0.502. The molecule has 0 saturated heterocycles. The van der Waals surface area contributed by atoms with E-state index in [2.05, 4.69) is 55.1 Å². The first kappa shape index (κ1) is 11.2. The summed E-state index contributed by atoms with van der Waals surface area (Å²) in [5.74, 6) is 0. The molecule has 0 radical (unpaired) electrons. The van der Waals surface area contributed by atoms with Gasteiger partial charge in [-0.3, -0.25) is 4.40 Å². The molecule has 0 bridgehead atoms. The summed E-state index contributed by atoms with van der Waals surface area (Å²) in [6, 6.07) is 0. The van der Waals surface area contributed by atoms with Crippen LogP contribution in [0.15, 0.2) is 11.4 Å². The Balaban J connectivity index is 2.94. The van der Waals surface area contributed by atoms with Gasteiger partial charge in [0, 0.05) is 0 Å². The monoisotopic (exact) mass is 451 g/mol. The van der Waals surface area contributed by atoms with Crippen LogP contribution >= 0.6 is 68.5 Å². The summed E-state index contributed by atoms with van der Waals surface area (Å²) in [5, 5.41) is 1.45. The Labute approximate surface area is 117 Å². The standard InChI is InChI=1S/C7H4ClI2N3S/c1-14-7-12-6(10)4-5(8)11-2-3(9)13(4)7/h2H,1H3. The fourth-order valence-corrected chi connectivity index (χ4v) is 3.71. The number of rotatable bonds is 1. The van der Waals surface area contributed by atoms with Crippen molar-refractivity contribution in [2.75, 3.05) is 6.26 Å². The average molecular weight is 451 g/mol. The highest BCUT2D eigenvalue weighted by Gasteiger charge is 2.14. The first-order valence-electron chi connectivity index (χ1n) is 3.57. The Hall–Kier alpha value is 0.720. The summed E-state index contributed by atoms with van der Waals surface area (Å²) < 4.78 is 3.92. The fraction of sp³-hybridized carbons (Fsp3) is 0.143. The number of thioether (sulfide) groups is 1. The first-order chi connectivity index (χ1) is 6.65. The molecule has 3 nitrogen and oxygen atoms in total. The Morgan fingerprint density at radius 1 is 1.50 bits per heavy atom. The molecule has 0 spiro atoms. The van der Waals surface area contributed by atoms with E-state index in [0.717, 1.165) is 18.1 Å². The van der Waals surface area contributed by atoms with Gasteiger partial charge in [-0.25, -0.2) is 9.97 Å². The van der Waals surface area contributed by atoms with Gasteiger partial charge in [0.25, 0.3) is 0 Å². The maximum Gasteiger partial charge on any atom is 0.174 e. The van der Waals surface area contributed by atoms with E-state index in [0.29, 0.717) is 5.15 Å². The lowest BCUT2D eigenvalue weighted by Gasteiger charge is -2.01.